The highest BCUT2D eigenvalue weighted by Crippen LogP contribution is 2.33. The first kappa shape index (κ1) is 26.0. The first-order chi connectivity index (χ1) is 17.2. The molecule has 4 rings (SSSR count). The maximum atomic E-state index is 13.9. The molecule has 0 bridgehead atoms. The van der Waals surface area contributed by atoms with Crippen molar-refractivity contribution in [1.29, 1.82) is 0 Å². The summed E-state index contributed by atoms with van der Waals surface area (Å²) in [6, 6.07) is 24.7. The molecule has 0 aliphatic rings. The van der Waals surface area contributed by atoms with Gasteiger partial charge in [0.2, 0.25) is 0 Å². The van der Waals surface area contributed by atoms with Crippen LogP contribution in [0.5, 0.6) is 0 Å². The van der Waals surface area contributed by atoms with Crippen LogP contribution in [0.25, 0.3) is 0 Å². The summed E-state index contributed by atoms with van der Waals surface area (Å²) in [7, 11) is -4.06. The first-order valence-electron chi connectivity index (χ1n) is 10.8. The maximum Gasteiger partial charge on any atom is 0.264 e. The van der Waals surface area contributed by atoms with Crippen LogP contribution in [0.15, 0.2) is 95.9 Å². The number of hydrogen-bond acceptors (Lipinski definition) is 3. The number of sulfonamides is 1. The smallest absolute Gasteiger partial charge is 0.264 e. The number of aryl methyl sites for hydroxylation is 1. The molecule has 1 amide bonds. The van der Waals surface area contributed by atoms with Crippen molar-refractivity contribution in [3.05, 3.63) is 123 Å². The molecule has 0 spiro atoms. The average molecular weight is 560 g/mol. The van der Waals surface area contributed by atoms with Crippen LogP contribution < -0.4 is 9.62 Å². The van der Waals surface area contributed by atoms with E-state index in [4.69, 9.17) is 34.8 Å². The van der Waals surface area contributed by atoms with E-state index in [0.717, 1.165) is 5.56 Å². The van der Waals surface area contributed by atoms with Crippen molar-refractivity contribution in [2.75, 3.05) is 9.62 Å². The molecule has 4 aromatic carbocycles. The third kappa shape index (κ3) is 5.68. The fraction of sp³-hybridized carbons (Fsp3) is 0.0741. The molecule has 0 aromatic heterocycles. The molecule has 0 aliphatic heterocycles. The lowest BCUT2D eigenvalue weighted by Crippen LogP contribution is -2.32. The third-order valence-corrected chi connectivity index (χ3v) is 8.12. The molecular weight excluding hydrogens is 539 g/mol. The van der Waals surface area contributed by atoms with E-state index in [1.165, 1.54) is 4.31 Å². The van der Waals surface area contributed by atoms with Gasteiger partial charge < -0.3 is 5.32 Å². The van der Waals surface area contributed by atoms with Crippen LogP contribution >= 0.6 is 34.8 Å². The van der Waals surface area contributed by atoms with Gasteiger partial charge in [-0.25, -0.2) is 8.42 Å². The van der Waals surface area contributed by atoms with Crippen LogP contribution in [0.2, 0.25) is 15.1 Å². The molecule has 4 aromatic rings. The van der Waals surface area contributed by atoms with Gasteiger partial charge in [0.1, 0.15) is 0 Å². The van der Waals surface area contributed by atoms with Gasteiger partial charge in [-0.2, -0.15) is 0 Å². The van der Waals surface area contributed by atoms with Gasteiger partial charge in [0.25, 0.3) is 15.9 Å². The molecule has 0 heterocycles. The van der Waals surface area contributed by atoms with Crippen LogP contribution in [0, 0.1) is 6.92 Å². The lowest BCUT2D eigenvalue weighted by molar-refractivity contribution is 0.102. The minimum absolute atomic E-state index is 0.0233. The van der Waals surface area contributed by atoms with Gasteiger partial charge in [-0.15, -0.1) is 0 Å². The Hall–Kier alpha value is -3.03. The summed E-state index contributed by atoms with van der Waals surface area (Å²) in [5.74, 6) is -0.555. The van der Waals surface area contributed by atoms with E-state index < -0.39 is 15.9 Å². The van der Waals surface area contributed by atoms with Crippen LogP contribution in [0.1, 0.15) is 21.5 Å². The highest BCUT2D eigenvalue weighted by Gasteiger charge is 2.29. The topological polar surface area (TPSA) is 66.5 Å². The van der Waals surface area contributed by atoms with E-state index in [1.807, 2.05) is 6.92 Å². The molecule has 9 heteroatoms. The molecule has 1 N–H and O–H groups in total. The second-order valence-corrected chi connectivity index (χ2v) is 11.1. The number of amides is 1. The van der Waals surface area contributed by atoms with E-state index >= 15 is 0 Å². The second-order valence-electron chi connectivity index (χ2n) is 8.02. The van der Waals surface area contributed by atoms with Crippen LogP contribution in [0.3, 0.4) is 0 Å². The lowest BCUT2D eigenvalue weighted by Gasteiger charge is -2.27. The molecule has 0 saturated heterocycles. The average Bonchev–Trinajstić information content (AvgIpc) is 2.86. The Balaban J connectivity index is 1.81. The largest absolute Gasteiger partial charge is 0.319 e. The lowest BCUT2D eigenvalue weighted by atomic mass is 10.1. The van der Waals surface area contributed by atoms with E-state index in [2.05, 4.69) is 5.32 Å². The molecule has 0 saturated carbocycles. The summed E-state index contributed by atoms with van der Waals surface area (Å²) in [4.78, 5) is 13.5. The van der Waals surface area contributed by atoms with Crippen molar-refractivity contribution in [1.82, 2.24) is 0 Å². The summed E-state index contributed by atoms with van der Waals surface area (Å²) in [5, 5.41) is 3.77. The Kier molecular flexibility index (Phi) is 7.91. The molecule has 184 valence electrons. The summed E-state index contributed by atoms with van der Waals surface area (Å²) in [5.41, 5.74) is 2.20. The number of benzene rings is 4. The predicted molar refractivity (Wildman–Crippen MR) is 147 cm³/mol. The zero-order valence-corrected chi connectivity index (χ0v) is 22.2. The van der Waals surface area contributed by atoms with Gasteiger partial charge in [0.15, 0.2) is 0 Å². The number of halogens is 3. The van der Waals surface area contributed by atoms with E-state index in [0.29, 0.717) is 10.6 Å². The number of carbonyl (C=O) groups excluding carboxylic acids is 1. The van der Waals surface area contributed by atoms with E-state index in [1.54, 1.807) is 91.0 Å². The molecule has 0 fully saturated rings. The van der Waals surface area contributed by atoms with Crippen LogP contribution in [0.4, 0.5) is 11.4 Å². The van der Waals surface area contributed by atoms with Gasteiger partial charge in [-0.1, -0.05) is 82.8 Å². The van der Waals surface area contributed by atoms with Gasteiger partial charge >= 0.3 is 0 Å². The summed E-state index contributed by atoms with van der Waals surface area (Å²) in [6.07, 6.45) is 0. The van der Waals surface area contributed by atoms with Crippen LogP contribution in [-0.4, -0.2) is 14.3 Å². The van der Waals surface area contributed by atoms with Gasteiger partial charge in [-0.3, -0.25) is 9.10 Å². The fourth-order valence-corrected chi connectivity index (χ4v) is 5.66. The highest BCUT2D eigenvalue weighted by molar-refractivity contribution is 7.92. The molecule has 36 heavy (non-hydrogen) atoms. The Bertz CT molecular complexity index is 1490. The highest BCUT2D eigenvalue weighted by atomic mass is 35.5. The third-order valence-electron chi connectivity index (χ3n) is 5.47. The van der Waals surface area contributed by atoms with Crippen molar-refractivity contribution >= 4 is 62.1 Å². The van der Waals surface area contributed by atoms with Crippen molar-refractivity contribution in [3.8, 4) is 0 Å². The maximum absolute atomic E-state index is 13.9. The number of hydrogen-bond donors (Lipinski definition) is 1. The number of anilines is 2. The van der Waals surface area contributed by atoms with Crippen LogP contribution in [-0.2, 0) is 16.6 Å². The van der Waals surface area contributed by atoms with E-state index in [-0.39, 0.29) is 38.4 Å². The zero-order valence-electron chi connectivity index (χ0n) is 19.1. The molecule has 0 radical (unpaired) electrons. The zero-order chi connectivity index (χ0) is 25.9. The van der Waals surface area contributed by atoms with Gasteiger partial charge in [0.05, 0.1) is 38.4 Å². The molecule has 0 atom stereocenters. The summed E-state index contributed by atoms with van der Waals surface area (Å²) < 4.78 is 29.0. The number of nitrogens with zero attached hydrogens (tertiary/aromatic N) is 1. The van der Waals surface area contributed by atoms with Gasteiger partial charge in [-0.05, 0) is 61.0 Å². The Morgan fingerprint density at radius 3 is 2.06 bits per heavy atom. The number of rotatable bonds is 7. The number of nitrogens with one attached hydrogen (secondary N) is 1. The minimum atomic E-state index is -4.06. The van der Waals surface area contributed by atoms with E-state index in [9.17, 15) is 13.2 Å². The molecule has 5 nitrogen and oxygen atoms in total. The quantitative estimate of drug-likeness (QED) is 0.253. The Labute approximate surface area is 225 Å². The Morgan fingerprint density at radius 1 is 0.806 bits per heavy atom. The molecule has 0 unspecified atom stereocenters. The normalized spacial score (nSPS) is 11.2. The first-order valence-corrected chi connectivity index (χ1v) is 13.4. The molecular formula is C27H21Cl3N2O3S. The SMILES string of the molecule is Cc1ccc(S(=O)(=O)N(Cc2ccc(Cl)cc2)c2ccccc2C(=O)Nc2c(Cl)cccc2Cl)cc1. The monoisotopic (exact) mass is 558 g/mol. The Morgan fingerprint density at radius 2 is 1.42 bits per heavy atom. The van der Waals surface area contributed by atoms with Crippen molar-refractivity contribution in [2.45, 2.75) is 18.4 Å². The minimum Gasteiger partial charge on any atom is -0.319 e. The fourth-order valence-electron chi connectivity index (χ4n) is 3.57. The van der Waals surface area contributed by atoms with Crippen molar-refractivity contribution < 1.29 is 13.2 Å². The van der Waals surface area contributed by atoms with Crippen molar-refractivity contribution in [3.63, 3.8) is 0 Å². The standard InChI is InChI=1S/C27H21Cl3N2O3S/c1-18-9-15-21(16-10-18)36(34,35)32(17-19-11-13-20(28)14-12-19)25-8-3-2-5-22(25)27(33)31-26-23(29)6-4-7-24(26)30/h2-16H,17H2,1H3,(H,31,33). The predicted octanol–water partition coefficient (Wildman–Crippen LogP) is 7.60. The van der Waals surface area contributed by atoms with Gasteiger partial charge in [0, 0.05) is 5.02 Å². The molecule has 0 aliphatic carbocycles. The number of para-hydroxylation sites is 2. The van der Waals surface area contributed by atoms with Crippen molar-refractivity contribution in [2.24, 2.45) is 0 Å². The summed E-state index contributed by atoms with van der Waals surface area (Å²) in [6.45, 7) is 1.85. The summed E-state index contributed by atoms with van der Waals surface area (Å²) >= 11 is 18.5. The number of carbonyl (C=O) groups is 1. The second kappa shape index (κ2) is 10.9.